The summed E-state index contributed by atoms with van der Waals surface area (Å²) in [6, 6.07) is 7.73. The molecule has 1 amide bonds. The quantitative estimate of drug-likeness (QED) is 0.661. The number of nitrogens with one attached hydrogen (secondary N) is 2. The molecule has 1 aliphatic rings. The maximum atomic E-state index is 12.6. The van der Waals surface area contributed by atoms with Gasteiger partial charge in [-0.2, -0.15) is 0 Å². The average Bonchev–Trinajstić information content (AvgIpc) is 3.08. The third kappa shape index (κ3) is 4.67. The number of aromatic amines is 1. The van der Waals surface area contributed by atoms with E-state index < -0.39 is 6.29 Å². The highest BCUT2D eigenvalue weighted by atomic mass is 16.7. The second kappa shape index (κ2) is 9.01. The minimum absolute atomic E-state index is 0.115. The summed E-state index contributed by atoms with van der Waals surface area (Å²) in [5, 5.41) is 11.9. The van der Waals surface area contributed by atoms with E-state index >= 15 is 0 Å². The molecule has 0 unspecified atom stereocenters. The number of H-pyrrole nitrogens is 1. The van der Waals surface area contributed by atoms with Crippen molar-refractivity contribution in [3.05, 3.63) is 41.9 Å². The summed E-state index contributed by atoms with van der Waals surface area (Å²) < 4.78 is 11.5. The van der Waals surface area contributed by atoms with Gasteiger partial charge in [-0.1, -0.05) is 19.1 Å². The molecule has 3 atom stereocenters. The summed E-state index contributed by atoms with van der Waals surface area (Å²) in [6.07, 6.45) is 2.83. The van der Waals surface area contributed by atoms with Crippen molar-refractivity contribution in [1.82, 2.24) is 15.3 Å². The van der Waals surface area contributed by atoms with E-state index in [9.17, 15) is 4.79 Å². The molecule has 1 aromatic heterocycles. The van der Waals surface area contributed by atoms with Crippen molar-refractivity contribution >= 4 is 16.9 Å². The highest BCUT2D eigenvalue weighted by molar-refractivity contribution is 5.91. The Morgan fingerprint density at radius 2 is 2.22 bits per heavy atom. The molecule has 0 saturated carbocycles. The Hall–Kier alpha value is -2.38. The summed E-state index contributed by atoms with van der Waals surface area (Å²) in [5.74, 6) is 0.916. The van der Waals surface area contributed by atoms with Gasteiger partial charge in [0, 0.05) is 19.1 Å². The molecule has 7 nitrogen and oxygen atoms in total. The number of rotatable bonds is 8. The molecule has 1 aliphatic heterocycles. The van der Waals surface area contributed by atoms with Gasteiger partial charge in [0.1, 0.15) is 5.82 Å². The number of hydrogen-bond donors (Lipinski definition) is 3. The van der Waals surface area contributed by atoms with Crippen LogP contribution in [-0.4, -0.2) is 40.5 Å². The molecule has 2 heterocycles. The zero-order chi connectivity index (χ0) is 19.2. The first-order chi connectivity index (χ1) is 13.1. The second-order valence-corrected chi connectivity index (χ2v) is 6.74. The predicted octanol–water partition coefficient (Wildman–Crippen LogP) is 2.48. The Balaban J connectivity index is 1.64. The van der Waals surface area contributed by atoms with E-state index in [2.05, 4.69) is 15.3 Å². The molecule has 1 aromatic carbocycles. The Morgan fingerprint density at radius 3 is 2.96 bits per heavy atom. The van der Waals surface area contributed by atoms with Gasteiger partial charge in [-0.3, -0.25) is 4.79 Å². The first-order valence-corrected chi connectivity index (χ1v) is 9.45. The number of hydrogen-bond acceptors (Lipinski definition) is 5. The van der Waals surface area contributed by atoms with Crippen molar-refractivity contribution < 1.29 is 19.4 Å². The maximum Gasteiger partial charge on any atom is 0.286 e. The third-order valence-electron chi connectivity index (χ3n) is 4.79. The van der Waals surface area contributed by atoms with Crippen LogP contribution in [0.3, 0.4) is 0 Å². The summed E-state index contributed by atoms with van der Waals surface area (Å²) in [6.45, 7) is 4.87. The maximum absolute atomic E-state index is 12.6. The molecular weight excluding hydrogens is 346 g/mol. The van der Waals surface area contributed by atoms with Crippen LogP contribution in [0.25, 0.3) is 11.0 Å². The van der Waals surface area contributed by atoms with Crippen molar-refractivity contribution in [2.45, 2.75) is 39.5 Å². The molecular formula is C20H27N3O4. The van der Waals surface area contributed by atoms with E-state index in [1.807, 2.05) is 44.2 Å². The number of carbonyl (C=O) groups is 1. The summed E-state index contributed by atoms with van der Waals surface area (Å²) in [4.78, 5) is 20.2. The lowest BCUT2D eigenvalue weighted by Crippen LogP contribution is -2.39. The van der Waals surface area contributed by atoms with Crippen LogP contribution in [0.15, 0.2) is 36.1 Å². The first kappa shape index (κ1) is 19.4. The standard InChI is InChI=1S/C20H27N3O4/c1-3-26-20-14(7-6-10-24)13(2)11-17(27-20)19(25)21-12-18-22-15-8-4-5-9-16(15)23-18/h4-5,8-9,11,13-14,20,24H,3,6-7,10,12H2,1-2H3,(H,21,25)(H,22,23)/t13-,14+,20+/m0/s1. The monoisotopic (exact) mass is 373 g/mol. The number of ether oxygens (including phenoxy) is 2. The number of aromatic nitrogens is 2. The minimum atomic E-state index is -0.478. The van der Waals surface area contributed by atoms with Gasteiger partial charge in [-0.25, -0.2) is 4.98 Å². The summed E-state index contributed by atoms with van der Waals surface area (Å²) in [5.41, 5.74) is 1.80. The number of benzene rings is 1. The number of allylic oxidation sites excluding steroid dienone is 1. The zero-order valence-electron chi connectivity index (χ0n) is 15.8. The summed E-state index contributed by atoms with van der Waals surface area (Å²) >= 11 is 0. The SMILES string of the molecule is CCO[C@@H]1OC(C(=O)NCc2nc3ccccc3[nH]2)=C[C@H](C)[C@H]1CCCO. The Labute approximate surface area is 158 Å². The van der Waals surface area contributed by atoms with Gasteiger partial charge < -0.3 is 24.9 Å². The Bertz CT molecular complexity index is 768. The lowest BCUT2D eigenvalue weighted by atomic mass is 9.87. The molecule has 0 fully saturated rings. The fraction of sp³-hybridized carbons (Fsp3) is 0.500. The fourth-order valence-corrected chi connectivity index (χ4v) is 3.38. The zero-order valence-corrected chi connectivity index (χ0v) is 15.8. The van der Waals surface area contributed by atoms with E-state index in [1.54, 1.807) is 0 Å². The van der Waals surface area contributed by atoms with Crippen LogP contribution in [0.1, 0.15) is 32.5 Å². The minimum Gasteiger partial charge on any atom is -0.459 e. The van der Waals surface area contributed by atoms with Crippen LogP contribution in [0.4, 0.5) is 0 Å². The van der Waals surface area contributed by atoms with Gasteiger partial charge in [0.25, 0.3) is 5.91 Å². The van der Waals surface area contributed by atoms with Crippen LogP contribution in [0.5, 0.6) is 0 Å². The van der Waals surface area contributed by atoms with Gasteiger partial charge in [0.05, 0.1) is 17.6 Å². The topological polar surface area (TPSA) is 96.5 Å². The third-order valence-corrected chi connectivity index (χ3v) is 4.79. The lowest BCUT2D eigenvalue weighted by molar-refractivity contribution is -0.171. The molecule has 3 N–H and O–H groups in total. The Morgan fingerprint density at radius 1 is 1.41 bits per heavy atom. The van der Waals surface area contributed by atoms with Crippen LogP contribution in [-0.2, 0) is 20.8 Å². The molecule has 2 aromatic rings. The molecule has 0 spiro atoms. The average molecular weight is 373 g/mol. The van der Waals surface area contributed by atoms with E-state index in [1.165, 1.54) is 0 Å². The van der Waals surface area contributed by atoms with Gasteiger partial charge in [-0.15, -0.1) is 0 Å². The summed E-state index contributed by atoms with van der Waals surface area (Å²) in [7, 11) is 0. The highest BCUT2D eigenvalue weighted by Crippen LogP contribution is 2.32. The van der Waals surface area contributed by atoms with Gasteiger partial charge in [0.15, 0.2) is 5.76 Å². The molecule has 3 rings (SSSR count). The van der Waals surface area contributed by atoms with Gasteiger partial charge in [-0.05, 0) is 43.9 Å². The largest absolute Gasteiger partial charge is 0.459 e. The van der Waals surface area contributed by atoms with Crippen molar-refractivity contribution in [3.8, 4) is 0 Å². The van der Waals surface area contributed by atoms with Gasteiger partial charge in [0.2, 0.25) is 6.29 Å². The van der Waals surface area contributed by atoms with Crippen LogP contribution >= 0.6 is 0 Å². The number of carbonyl (C=O) groups excluding carboxylic acids is 1. The molecule has 27 heavy (non-hydrogen) atoms. The van der Waals surface area contributed by atoms with Crippen molar-refractivity contribution in [2.75, 3.05) is 13.2 Å². The first-order valence-electron chi connectivity index (χ1n) is 9.45. The fourth-order valence-electron chi connectivity index (χ4n) is 3.38. The van der Waals surface area contributed by atoms with Crippen molar-refractivity contribution in [3.63, 3.8) is 0 Å². The molecule has 146 valence electrons. The number of amides is 1. The van der Waals surface area contributed by atoms with Crippen molar-refractivity contribution in [2.24, 2.45) is 11.8 Å². The molecule has 0 aliphatic carbocycles. The number of aliphatic hydroxyl groups excluding tert-OH is 1. The van der Waals surface area contributed by atoms with Crippen molar-refractivity contribution in [1.29, 1.82) is 0 Å². The molecule has 0 bridgehead atoms. The number of aliphatic hydroxyl groups is 1. The smallest absolute Gasteiger partial charge is 0.286 e. The molecule has 7 heteroatoms. The van der Waals surface area contributed by atoms with Crippen LogP contribution in [0, 0.1) is 11.8 Å². The van der Waals surface area contributed by atoms with Crippen LogP contribution < -0.4 is 5.32 Å². The molecule has 0 saturated heterocycles. The van der Waals surface area contributed by atoms with Gasteiger partial charge >= 0.3 is 0 Å². The Kier molecular flexibility index (Phi) is 6.47. The number of nitrogens with zero attached hydrogens (tertiary/aromatic N) is 1. The highest BCUT2D eigenvalue weighted by Gasteiger charge is 2.34. The number of para-hydroxylation sites is 2. The van der Waals surface area contributed by atoms with E-state index in [4.69, 9.17) is 14.6 Å². The predicted molar refractivity (Wildman–Crippen MR) is 101 cm³/mol. The van der Waals surface area contributed by atoms with E-state index in [0.29, 0.717) is 18.9 Å². The number of fused-ring (bicyclic) bond motifs is 1. The normalized spacial score (nSPS) is 22.3. The van der Waals surface area contributed by atoms with E-state index in [-0.39, 0.29) is 36.7 Å². The number of imidazole rings is 1. The van der Waals surface area contributed by atoms with E-state index in [0.717, 1.165) is 17.5 Å². The van der Waals surface area contributed by atoms with Crippen LogP contribution in [0.2, 0.25) is 0 Å². The lowest BCUT2D eigenvalue weighted by Gasteiger charge is -2.35. The second-order valence-electron chi connectivity index (χ2n) is 6.74. The molecule has 0 radical (unpaired) electrons.